The molecule has 6 nitrogen and oxygen atoms in total. The summed E-state index contributed by atoms with van der Waals surface area (Å²) in [6.45, 7) is 5.53. The van der Waals surface area contributed by atoms with Gasteiger partial charge in [0.1, 0.15) is 6.54 Å². The van der Waals surface area contributed by atoms with E-state index in [1.54, 1.807) is 19.4 Å². The summed E-state index contributed by atoms with van der Waals surface area (Å²) >= 11 is 0. The highest BCUT2D eigenvalue weighted by Crippen LogP contribution is 2.16. The number of aromatic nitrogens is 1. The van der Waals surface area contributed by atoms with E-state index in [4.69, 9.17) is 5.11 Å². The number of carboxylic acids is 1. The van der Waals surface area contributed by atoms with Crippen LogP contribution in [0.5, 0.6) is 0 Å². The van der Waals surface area contributed by atoms with Gasteiger partial charge < -0.3 is 14.9 Å². The van der Waals surface area contributed by atoms with Crippen LogP contribution in [-0.4, -0.2) is 51.0 Å². The molecule has 0 spiro atoms. The van der Waals surface area contributed by atoms with Crippen LogP contribution < -0.4 is 0 Å². The first-order valence-electron chi connectivity index (χ1n) is 6.35. The molecule has 0 saturated heterocycles. The van der Waals surface area contributed by atoms with Crippen LogP contribution in [0.1, 0.15) is 26.3 Å². The maximum Gasteiger partial charge on any atom is 0.323 e. The second kappa shape index (κ2) is 6.36. The predicted molar refractivity (Wildman–Crippen MR) is 75.2 cm³/mol. The Hall–Kier alpha value is -2.11. The van der Waals surface area contributed by atoms with E-state index in [9.17, 15) is 9.59 Å². The lowest BCUT2D eigenvalue weighted by Crippen LogP contribution is -2.52. The van der Waals surface area contributed by atoms with Crippen molar-refractivity contribution in [3.63, 3.8) is 0 Å². The van der Waals surface area contributed by atoms with Crippen LogP contribution >= 0.6 is 0 Å². The van der Waals surface area contributed by atoms with Crippen molar-refractivity contribution < 1.29 is 14.7 Å². The van der Waals surface area contributed by atoms with Crippen molar-refractivity contribution in [3.05, 3.63) is 30.1 Å². The summed E-state index contributed by atoms with van der Waals surface area (Å²) < 4.78 is 0. The molecule has 1 rings (SSSR count). The van der Waals surface area contributed by atoms with Gasteiger partial charge in [-0.1, -0.05) is 0 Å². The van der Waals surface area contributed by atoms with Gasteiger partial charge in [-0.3, -0.25) is 9.78 Å². The van der Waals surface area contributed by atoms with E-state index in [1.165, 1.54) is 9.80 Å². The summed E-state index contributed by atoms with van der Waals surface area (Å²) in [4.78, 5) is 30.1. The Balaban J connectivity index is 2.81. The van der Waals surface area contributed by atoms with Crippen molar-refractivity contribution in [2.75, 3.05) is 13.6 Å². The van der Waals surface area contributed by atoms with Crippen molar-refractivity contribution in [2.24, 2.45) is 0 Å². The van der Waals surface area contributed by atoms with Crippen LogP contribution in [0.4, 0.5) is 4.79 Å². The first-order valence-corrected chi connectivity index (χ1v) is 6.35. The van der Waals surface area contributed by atoms with Crippen LogP contribution in [0.15, 0.2) is 24.5 Å². The highest BCUT2D eigenvalue weighted by molar-refractivity contribution is 5.80. The average Bonchev–Trinajstić information content (AvgIpc) is 2.34. The number of rotatable bonds is 4. The summed E-state index contributed by atoms with van der Waals surface area (Å²) in [5.74, 6) is -1.02. The minimum absolute atomic E-state index is 0.309. The maximum atomic E-state index is 12.4. The number of nitrogens with zero attached hydrogens (tertiary/aromatic N) is 3. The topological polar surface area (TPSA) is 73.7 Å². The van der Waals surface area contributed by atoms with E-state index in [1.807, 2.05) is 32.9 Å². The number of pyridine rings is 1. The fourth-order valence-corrected chi connectivity index (χ4v) is 1.76. The Morgan fingerprint density at radius 1 is 1.25 bits per heavy atom. The van der Waals surface area contributed by atoms with E-state index >= 15 is 0 Å². The Morgan fingerprint density at radius 2 is 1.80 bits per heavy atom. The van der Waals surface area contributed by atoms with Gasteiger partial charge in [0.25, 0.3) is 0 Å². The highest BCUT2D eigenvalue weighted by Gasteiger charge is 2.30. The van der Waals surface area contributed by atoms with Crippen molar-refractivity contribution in [1.82, 2.24) is 14.8 Å². The monoisotopic (exact) mass is 279 g/mol. The predicted octanol–water partition coefficient (Wildman–Crippen LogP) is 1.82. The smallest absolute Gasteiger partial charge is 0.323 e. The van der Waals surface area contributed by atoms with Gasteiger partial charge in [-0.25, -0.2) is 4.79 Å². The number of carbonyl (C=O) groups is 2. The highest BCUT2D eigenvalue weighted by atomic mass is 16.4. The van der Waals surface area contributed by atoms with Gasteiger partial charge in [0.2, 0.25) is 0 Å². The molecular formula is C14H21N3O3. The van der Waals surface area contributed by atoms with E-state index < -0.39 is 11.5 Å². The summed E-state index contributed by atoms with van der Waals surface area (Å²) in [7, 11) is 1.66. The van der Waals surface area contributed by atoms with Crippen molar-refractivity contribution in [1.29, 1.82) is 0 Å². The van der Waals surface area contributed by atoms with Gasteiger partial charge in [0.15, 0.2) is 0 Å². The third kappa shape index (κ3) is 4.53. The first-order chi connectivity index (χ1) is 9.21. The van der Waals surface area contributed by atoms with Gasteiger partial charge >= 0.3 is 12.0 Å². The Kier molecular flexibility index (Phi) is 5.07. The largest absolute Gasteiger partial charge is 0.480 e. The van der Waals surface area contributed by atoms with E-state index in [-0.39, 0.29) is 12.6 Å². The average molecular weight is 279 g/mol. The maximum absolute atomic E-state index is 12.4. The number of amides is 2. The van der Waals surface area contributed by atoms with Gasteiger partial charge in [0.05, 0.1) is 0 Å². The van der Waals surface area contributed by atoms with Gasteiger partial charge in [-0.2, -0.15) is 0 Å². The molecule has 0 radical (unpaired) electrons. The molecular weight excluding hydrogens is 258 g/mol. The van der Waals surface area contributed by atoms with E-state index in [0.29, 0.717) is 6.54 Å². The fraction of sp³-hybridized carbons (Fsp3) is 0.500. The molecule has 0 atom stereocenters. The lowest BCUT2D eigenvalue weighted by atomic mass is 10.1. The lowest BCUT2D eigenvalue weighted by molar-refractivity contribution is -0.138. The van der Waals surface area contributed by atoms with Gasteiger partial charge in [-0.15, -0.1) is 0 Å². The molecule has 1 N–H and O–H groups in total. The zero-order valence-electron chi connectivity index (χ0n) is 12.3. The standard InChI is InChI=1S/C14H21N3O3/c1-14(2,3)17(10-12(18)19)13(20)16(4)9-11-5-7-15-8-6-11/h5-8H,9-10H2,1-4H3,(H,18,19). The first kappa shape index (κ1) is 15.9. The minimum atomic E-state index is -1.02. The van der Waals surface area contributed by atoms with Gasteiger partial charge in [0, 0.05) is 31.5 Å². The lowest BCUT2D eigenvalue weighted by Gasteiger charge is -2.37. The Labute approximate surface area is 119 Å². The summed E-state index contributed by atoms with van der Waals surface area (Å²) in [6.07, 6.45) is 3.32. The molecule has 20 heavy (non-hydrogen) atoms. The van der Waals surface area contributed by atoms with Crippen LogP contribution in [0.25, 0.3) is 0 Å². The molecule has 2 amide bonds. The molecule has 0 unspecified atom stereocenters. The van der Waals surface area contributed by atoms with Crippen LogP contribution in [0, 0.1) is 0 Å². The molecule has 0 fully saturated rings. The summed E-state index contributed by atoms with van der Waals surface area (Å²) in [5.41, 5.74) is 0.391. The molecule has 1 heterocycles. The number of carboxylic acid groups (broad SMARTS) is 1. The molecule has 6 heteroatoms. The molecule has 0 saturated carbocycles. The molecule has 1 aromatic heterocycles. The Morgan fingerprint density at radius 3 is 2.25 bits per heavy atom. The third-order valence-electron chi connectivity index (χ3n) is 2.83. The third-order valence-corrected chi connectivity index (χ3v) is 2.83. The fourth-order valence-electron chi connectivity index (χ4n) is 1.76. The van der Waals surface area contributed by atoms with Crippen LogP contribution in [0.2, 0.25) is 0 Å². The van der Waals surface area contributed by atoms with Crippen molar-refractivity contribution in [2.45, 2.75) is 32.9 Å². The molecule has 1 aromatic rings. The molecule has 0 aliphatic carbocycles. The Bertz CT molecular complexity index is 468. The van der Waals surface area contributed by atoms with Crippen LogP contribution in [-0.2, 0) is 11.3 Å². The number of hydrogen-bond donors (Lipinski definition) is 1. The zero-order valence-corrected chi connectivity index (χ0v) is 12.3. The summed E-state index contributed by atoms with van der Waals surface area (Å²) in [5, 5.41) is 8.95. The molecule has 0 aliphatic heterocycles. The quantitative estimate of drug-likeness (QED) is 0.912. The number of aliphatic carboxylic acids is 1. The zero-order chi connectivity index (χ0) is 15.3. The molecule has 0 aromatic carbocycles. The van der Waals surface area contributed by atoms with Crippen LogP contribution in [0.3, 0.4) is 0 Å². The SMILES string of the molecule is CN(Cc1ccncc1)C(=O)N(CC(=O)O)C(C)(C)C. The number of urea groups is 1. The number of carbonyl (C=O) groups excluding carboxylic acids is 1. The van der Waals surface area contributed by atoms with E-state index in [2.05, 4.69) is 4.98 Å². The normalized spacial score (nSPS) is 11.0. The van der Waals surface area contributed by atoms with Gasteiger partial charge in [-0.05, 0) is 38.5 Å². The second-order valence-corrected chi connectivity index (χ2v) is 5.64. The number of hydrogen-bond acceptors (Lipinski definition) is 3. The minimum Gasteiger partial charge on any atom is -0.480 e. The van der Waals surface area contributed by atoms with Crippen molar-refractivity contribution >= 4 is 12.0 Å². The molecule has 110 valence electrons. The van der Waals surface area contributed by atoms with E-state index in [0.717, 1.165) is 5.56 Å². The molecule has 0 bridgehead atoms. The summed E-state index contributed by atoms with van der Waals surface area (Å²) in [6, 6.07) is 3.34. The molecule has 0 aliphatic rings. The second-order valence-electron chi connectivity index (χ2n) is 5.64. The van der Waals surface area contributed by atoms with Crippen molar-refractivity contribution in [3.8, 4) is 0 Å².